The fourth-order valence-corrected chi connectivity index (χ4v) is 5.11. The van der Waals surface area contributed by atoms with E-state index in [9.17, 15) is 19.5 Å². The van der Waals surface area contributed by atoms with Crippen molar-refractivity contribution in [1.82, 2.24) is 26.1 Å². The Morgan fingerprint density at radius 1 is 0.816 bits per heavy atom. The molecule has 0 aliphatic carbocycles. The van der Waals surface area contributed by atoms with Crippen molar-refractivity contribution in [3.8, 4) is 5.88 Å². The van der Waals surface area contributed by atoms with Gasteiger partial charge in [-0.15, -0.1) is 0 Å². The van der Waals surface area contributed by atoms with Crippen molar-refractivity contribution in [2.45, 2.75) is 70.6 Å². The highest BCUT2D eigenvalue weighted by atomic mass is 16.6. The van der Waals surface area contributed by atoms with Crippen molar-refractivity contribution in [2.75, 3.05) is 7.11 Å². The topological polar surface area (TPSA) is 174 Å². The average Bonchev–Trinajstić information content (AvgIpc) is 3.58. The third-order valence-corrected chi connectivity index (χ3v) is 7.67. The molecule has 1 unspecified atom stereocenters. The van der Waals surface area contributed by atoms with Gasteiger partial charge in [0.1, 0.15) is 12.6 Å². The highest BCUT2D eigenvalue weighted by molar-refractivity contribution is 5.86. The van der Waals surface area contributed by atoms with E-state index in [0.29, 0.717) is 12.8 Å². The van der Waals surface area contributed by atoms with Crippen LogP contribution < -0.4 is 20.7 Å². The van der Waals surface area contributed by atoms with Crippen molar-refractivity contribution in [1.29, 1.82) is 0 Å². The van der Waals surface area contributed by atoms with Crippen LogP contribution in [0.25, 0.3) is 0 Å². The predicted molar refractivity (Wildman–Crippen MR) is 179 cm³/mol. The molecule has 0 bridgehead atoms. The van der Waals surface area contributed by atoms with E-state index in [-0.39, 0.29) is 37.2 Å². The van der Waals surface area contributed by atoms with Crippen LogP contribution in [0.1, 0.15) is 42.7 Å². The largest absolute Gasteiger partial charge is 0.479 e. The minimum absolute atomic E-state index is 0.0333. The summed E-state index contributed by atoms with van der Waals surface area (Å²) in [6.45, 7) is 3.38. The lowest BCUT2D eigenvalue weighted by Crippen LogP contribution is -2.56. The van der Waals surface area contributed by atoms with Crippen LogP contribution in [-0.4, -0.2) is 64.7 Å². The molecule has 0 aliphatic rings. The summed E-state index contributed by atoms with van der Waals surface area (Å²) in [4.78, 5) is 43.3. The minimum atomic E-state index is -1.10. The zero-order chi connectivity index (χ0) is 35.0. The maximum atomic E-state index is 13.7. The van der Waals surface area contributed by atoms with Crippen LogP contribution in [0.2, 0.25) is 0 Å². The zero-order valence-electron chi connectivity index (χ0n) is 27.8. The molecule has 4 aromatic rings. The number of ether oxygens (including phenoxy) is 3. The van der Waals surface area contributed by atoms with Crippen LogP contribution in [0.15, 0.2) is 95.8 Å². The van der Waals surface area contributed by atoms with E-state index in [4.69, 9.17) is 18.7 Å². The third kappa shape index (κ3) is 12.3. The lowest BCUT2D eigenvalue weighted by Gasteiger charge is -2.30. The molecular weight excluding hydrogens is 630 g/mol. The number of carbonyl (C=O) groups excluding carboxylic acids is 3. The fourth-order valence-electron chi connectivity index (χ4n) is 5.11. The minimum Gasteiger partial charge on any atom is -0.479 e. The highest BCUT2D eigenvalue weighted by Gasteiger charge is 2.31. The summed E-state index contributed by atoms with van der Waals surface area (Å²) >= 11 is 0. The van der Waals surface area contributed by atoms with Crippen LogP contribution >= 0.6 is 0 Å². The number of alkyl carbamates (subject to hydrolysis) is 2. The monoisotopic (exact) mass is 673 g/mol. The molecule has 2 heterocycles. The molecule has 0 aliphatic heterocycles. The van der Waals surface area contributed by atoms with Gasteiger partial charge in [-0.05, 0) is 47.5 Å². The van der Waals surface area contributed by atoms with E-state index in [2.05, 4.69) is 26.1 Å². The number of benzene rings is 2. The van der Waals surface area contributed by atoms with Crippen LogP contribution in [0.3, 0.4) is 0 Å². The average molecular weight is 674 g/mol. The quantitative estimate of drug-likeness (QED) is 0.126. The third-order valence-electron chi connectivity index (χ3n) is 7.67. The number of aromatic nitrogens is 2. The molecular formula is C36H43N5O8. The number of carbonyl (C=O) groups is 3. The molecule has 0 spiro atoms. The van der Waals surface area contributed by atoms with Crippen molar-refractivity contribution in [3.05, 3.63) is 114 Å². The van der Waals surface area contributed by atoms with Gasteiger partial charge in [-0.3, -0.25) is 9.78 Å². The molecule has 4 atom stereocenters. The second-order valence-corrected chi connectivity index (χ2v) is 11.9. The molecule has 49 heavy (non-hydrogen) atoms. The van der Waals surface area contributed by atoms with Crippen LogP contribution in [0.4, 0.5) is 9.59 Å². The van der Waals surface area contributed by atoms with Gasteiger partial charge in [0.25, 0.3) is 5.88 Å². The van der Waals surface area contributed by atoms with E-state index < -0.39 is 42.3 Å². The number of hydrogen-bond donors (Lipinski definition) is 4. The van der Waals surface area contributed by atoms with E-state index in [0.717, 1.165) is 16.7 Å². The Morgan fingerprint density at radius 3 is 2.06 bits per heavy atom. The highest BCUT2D eigenvalue weighted by Crippen LogP contribution is 2.16. The Morgan fingerprint density at radius 2 is 1.45 bits per heavy atom. The molecule has 4 N–H and O–H groups in total. The van der Waals surface area contributed by atoms with Crippen molar-refractivity contribution < 1.29 is 38.2 Å². The molecule has 13 nitrogen and oxygen atoms in total. The summed E-state index contributed by atoms with van der Waals surface area (Å²) in [6.07, 6.45) is 1.46. The number of hydrogen-bond acceptors (Lipinski definition) is 10. The molecule has 3 amide bonds. The molecule has 0 radical (unpaired) electrons. The van der Waals surface area contributed by atoms with E-state index >= 15 is 0 Å². The first kappa shape index (κ1) is 36.4. The number of amides is 3. The summed E-state index contributed by atoms with van der Waals surface area (Å²) in [7, 11) is 1.43. The van der Waals surface area contributed by atoms with Gasteiger partial charge in [-0.1, -0.05) is 80.6 Å². The molecule has 260 valence electrons. The smallest absolute Gasteiger partial charge is 0.408 e. The number of aliphatic hydroxyl groups excluding tert-OH is 1. The Balaban J connectivity index is 1.45. The van der Waals surface area contributed by atoms with Gasteiger partial charge in [0, 0.05) is 30.1 Å². The molecule has 0 saturated carbocycles. The zero-order valence-corrected chi connectivity index (χ0v) is 27.8. The van der Waals surface area contributed by atoms with Gasteiger partial charge in [0.05, 0.1) is 19.3 Å². The lowest BCUT2D eigenvalue weighted by molar-refractivity contribution is -0.125. The van der Waals surface area contributed by atoms with Crippen LogP contribution in [0.5, 0.6) is 5.88 Å². The Bertz CT molecular complexity index is 1590. The first-order valence-electron chi connectivity index (χ1n) is 16.0. The second-order valence-electron chi connectivity index (χ2n) is 11.9. The summed E-state index contributed by atoms with van der Waals surface area (Å²) in [6, 6.07) is 21.7. The van der Waals surface area contributed by atoms with Gasteiger partial charge in [-0.25, -0.2) is 9.59 Å². The van der Waals surface area contributed by atoms with Gasteiger partial charge in [0.15, 0.2) is 12.4 Å². The molecule has 13 heteroatoms. The first-order chi connectivity index (χ1) is 23.7. The number of aliphatic hydroxyl groups is 1. The normalized spacial score (nSPS) is 13.4. The number of rotatable bonds is 17. The van der Waals surface area contributed by atoms with Gasteiger partial charge < -0.3 is 39.8 Å². The Hall–Kier alpha value is -5.43. The number of nitrogens with one attached hydrogen (secondary N) is 3. The second kappa shape index (κ2) is 18.8. The van der Waals surface area contributed by atoms with Crippen molar-refractivity contribution in [2.24, 2.45) is 5.92 Å². The van der Waals surface area contributed by atoms with Crippen molar-refractivity contribution >= 4 is 18.1 Å². The molecule has 0 fully saturated rings. The predicted octanol–water partition coefficient (Wildman–Crippen LogP) is 4.35. The van der Waals surface area contributed by atoms with Gasteiger partial charge >= 0.3 is 12.2 Å². The summed E-state index contributed by atoms with van der Waals surface area (Å²) in [5, 5.41) is 23.8. The summed E-state index contributed by atoms with van der Waals surface area (Å²) in [5.74, 6) is -0.321. The van der Waals surface area contributed by atoms with Crippen LogP contribution in [0, 0.1) is 5.92 Å². The maximum Gasteiger partial charge on any atom is 0.408 e. The number of nitrogens with zero attached hydrogens (tertiary/aromatic N) is 2. The molecule has 4 rings (SSSR count). The first-order valence-corrected chi connectivity index (χ1v) is 16.0. The van der Waals surface area contributed by atoms with Gasteiger partial charge in [-0.2, -0.15) is 0 Å². The van der Waals surface area contributed by atoms with E-state index in [1.807, 2.05) is 60.7 Å². The van der Waals surface area contributed by atoms with Crippen molar-refractivity contribution in [3.63, 3.8) is 0 Å². The summed E-state index contributed by atoms with van der Waals surface area (Å²) in [5.41, 5.74) is 2.56. The van der Waals surface area contributed by atoms with Crippen LogP contribution in [-0.2, 0) is 40.3 Å². The fraction of sp³-hybridized carbons (Fsp3) is 0.361. The van der Waals surface area contributed by atoms with Gasteiger partial charge in [0.2, 0.25) is 5.91 Å². The Kier molecular flexibility index (Phi) is 14.0. The standard InChI is InChI=1S/C36H43N5O8/c1-24(2)33(40-36(45)48-23-29-20-32(46-3)41-49-29)34(43)39-30(18-26-13-8-5-9-14-26)31(42)19-28(17-25-11-6-4-7-12-25)38-35(44)47-22-27-15-10-16-37-21-27/h4-16,20-21,24,28,30-31,33,42H,17-19,22-23H2,1-3H3,(H,38,44)(H,39,43)(H,40,45)/t28-,30-,31-,33?/m0/s1. The molecule has 0 saturated heterocycles. The summed E-state index contributed by atoms with van der Waals surface area (Å²) < 4.78 is 20.7. The maximum absolute atomic E-state index is 13.7. The lowest BCUT2D eigenvalue weighted by atomic mass is 9.93. The molecule has 2 aromatic heterocycles. The van der Waals surface area contributed by atoms with E-state index in [1.165, 1.54) is 13.2 Å². The SMILES string of the molecule is COc1cc(COC(=O)NC(C(=O)N[C@@H](Cc2ccccc2)[C@@H](O)C[C@H](Cc2ccccc2)NC(=O)OCc2cccnc2)C(C)C)on1. The Labute approximate surface area is 285 Å². The number of pyridine rings is 1. The van der Waals surface area contributed by atoms with E-state index in [1.54, 1.807) is 38.4 Å². The number of methoxy groups -OCH3 is 1. The molecule has 2 aromatic carbocycles.